The zero-order chi connectivity index (χ0) is 8.27. The number of hydrogen-bond donors (Lipinski definition) is 1. The van der Waals surface area contributed by atoms with Crippen LogP contribution in [-0.2, 0) is 10.8 Å². The minimum Gasteiger partial charge on any atom is -0.384 e. The van der Waals surface area contributed by atoms with Gasteiger partial charge in [-0.25, -0.2) is 9.97 Å². The molecule has 1 heterocycles. The smallest absolute Gasteiger partial charge is 0.220 e. The highest BCUT2D eigenvalue weighted by Crippen LogP contribution is 2.00. The van der Waals surface area contributed by atoms with E-state index >= 15 is 0 Å². The molecule has 0 aromatic carbocycles. The minimum atomic E-state index is -1.10. The Kier molecular flexibility index (Phi) is 2.53. The minimum absolute atomic E-state index is 0.313. The summed E-state index contributed by atoms with van der Waals surface area (Å²) in [6.07, 6.45) is 1.51. The normalized spacial score (nSPS) is 12.8. The number of nitrogens with zero attached hydrogens (tertiary/aromatic N) is 2. The number of nitrogen functional groups attached to an aromatic ring is 1. The Hall–Kier alpha value is -0.970. The van der Waals surface area contributed by atoms with E-state index in [2.05, 4.69) is 9.97 Å². The van der Waals surface area contributed by atoms with E-state index in [1.54, 1.807) is 6.07 Å². The number of aromatic nitrogens is 2. The van der Waals surface area contributed by atoms with Gasteiger partial charge in [-0.1, -0.05) is 6.92 Å². The molecule has 2 N–H and O–H groups in total. The third kappa shape index (κ3) is 1.98. The van der Waals surface area contributed by atoms with E-state index in [4.69, 9.17) is 5.73 Å². The van der Waals surface area contributed by atoms with E-state index in [1.807, 2.05) is 6.92 Å². The largest absolute Gasteiger partial charge is 0.384 e. The molecule has 0 aliphatic rings. The Morgan fingerprint density at radius 2 is 2.45 bits per heavy atom. The molecule has 11 heavy (non-hydrogen) atoms. The van der Waals surface area contributed by atoms with E-state index in [1.165, 1.54) is 6.20 Å². The van der Waals surface area contributed by atoms with Gasteiger partial charge < -0.3 is 5.73 Å². The predicted molar refractivity (Wildman–Crippen MR) is 43.4 cm³/mol. The highest BCUT2D eigenvalue weighted by molar-refractivity contribution is 7.84. The van der Waals surface area contributed by atoms with Gasteiger partial charge in [0, 0.05) is 11.9 Å². The number of hydrogen-bond acceptors (Lipinski definition) is 4. The first kappa shape index (κ1) is 8.13. The van der Waals surface area contributed by atoms with E-state index in [0.29, 0.717) is 16.7 Å². The van der Waals surface area contributed by atoms with Gasteiger partial charge in [-0.2, -0.15) is 0 Å². The molecule has 0 radical (unpaired) electrons. The summed E-state index contributed by atoms with van der Waals surface area (Å²) in [4.78, 5) is 7.63. The highest BCUT2D eigenvalue weighted by Gasteiger charge is 2.02. The number of rotatable bonds is 2. The Morgan fingerprint density at radius 3 is 3.00 bits per heavy atom. The fraction of sp³-hybridized carbons (Fsp3) is 0.333. The van der Waals surface area contributed by atoms with Crippen LogP contribution < -0.4 is 5.73 Å². The predicted octanol–water partition coefficient (Wildman–Crippen LogP) is 0.186. The molecule has 5 heteroatoms. The number of anilines is 1. The maximum absolute atomic E-state index is 11.1. The third-order valence-corrected chi connectivity index (χ3v) is 2.25. The SMILES string of the molecule is CCS(=O)c1nccc(N)n1. The van der Waals surface area contributed by atoms with Gasteiger partial charge in [0.2, 0.25) is 5.16 Å². The summed E-state index contributed by atoms with van der Waals surface area (Å²) in [7, 11) is -1.10. The Balaban J connectivity index is 2.96. The van der Waals surface area contributed by atoms with Crippen LogP contribution in [0.2, 0.25) is 0 Å². The summed E-state index contributed by atoms with van der Waals surface area (Å²) in [6.45, 7) is 1.81. The van der Waals surface area contributed by atoms with Crippen molar-refractivity contribution >= 4 is 16.6 Å². The summed E-state index contributed by atoms with van der Waals surface area (Å²) in [5, 5.41) is 0.313. The van der Waals surface area contributed by atoms with Gasteiger partial charge in [0.1, 0.15) is 5.82 Å². The van der Waals surface area contributed by atoms with Gasteiger partial charge in [-0.15, -0.1) is 0 Å². The fourth-order valence-corrected chi connectivity index (χ4v) is 1.24. The zero-order valence-electron chi connectivity index (χ0n) is 6.15. The average molecular weight is 171 g/mol. The van der Waals surface area contributed by atoms with Crippen LogP contribution >= 0.6 is 0 Å². The van der Waals surface area contributed by atoms with Gasteiger partial charge >= 0.3 is 0 Å². The summed E-state index contributed by atoms with van der Waals surface area (Å²) >= 11 is 0. The molecule has 0 bridgehead atoms. The molecule has 0 amide bonds. The summed E-state index contributed by atoms with van der Waals surface area (Å²) in [6, 6.07) is 1.57. The van der Waals surface area contributed by atoms with Gasteiger partial charge in [0.15, 0.2) is 0 Å². The molecular formula is C6H9N3OS. The lowest BCUT2D eigenvalue weighted by Gasteiger charge is -1.96. The summed E-state index contributed by atoms with van der Waals surface area (Å²) in [5.74, 6) is 0.875. The standard InChI is InChI=1S/C6H9N3OS/c1-2-11(10)6-8-4-3-5(7)9-6/h3-4H,2H2,1H3,(H2,7,8,9). The van der Waals surface area contributed by atoms with Crippen LogP contribution in [0.3, 0.4) is 0 Å². The van der Waals surface area contributed by atoms with Crippen molar-refractivity contribution in [1.82, 2.24) is 9.97 Å². The molecule has 1 aromatic heterocycles. The molecule has 60 valence electrons. The Bertz CT molecular complexity index is 276. The van der Waals surface area contributed by atoms with Crippen LogP contribution in [0.25, 0.3) is 0 Å². The van der Waals surface area contributed by atoms with Crippen molar-refractivity contribution in [1.29, 1.82) is 0 Å². The van der Waals surface area contributed by atoms with Crippen molar-refractivity contribution in [3.05, 3.63) is 12.3 Å². The Labute approximate surface area is 67.3 Å². The first-order chi connectivity index (χ1) is 5.24. The second-order valence-electron chi connectivity index (χ2n) is 1.90. The second kappa shape index (κ2) is 3.43. The van der Waals surface area contributed by atoms with Crippen molar-refractivity contribution in [2.45, 2.75) is 12.1 Å². The molecule has 0 saturated heterocycles. The molecular weight excluding hydrogens is 162 g/mol. The quantitative estimate of drug-likeness (QED) is 0.645. The first-order valence-corrected chi connectivity index (χ1v) is 4.53. The zero-order valence-corrected chi connectivity index (χ0v) is 6.97. The van der Waals surface area contributed by atoms with Crippen molar-refractivity contribution in [2.24, 2.45) is 0 Å². The molecule has 0 saturated carbocycles. The molecule has 0 aliphatic heterocycles. The van der Waals surface area contributed by atoms with Crippen molar-refractivity contribution < 1.29 is 4.21 Å². The second-order valence-corrected chi connectivity index (χ2v) is 3.53. The highest BCUT2D eigenvalue weighted by atomic mass is 32.2. The van der Waals surface area contributed by atoms with Crippen LogP contribution in [0.5, 0.6) is 0 Å². The molecule has 1 rings (SSSR count). The van der Waals surface area contributed by atoms with Gasteiger partial charge in [-0.05, 0) is 6.07 Å². The van der Waals surface area contributed by atoms with E-state index < -0.39 is 10.8 Å². The maximum atomic E-state index is 11.1. The fourth-order valence-electron chi connectivity index (χ4n) is 0.593. The van der Waals surface area contributed by atoms with E-state index in [9.17, 15) is 4.21 Å². The maximum Gasteiger partial charge on any atom is 0.220 e. The molecule has 4 nitrogen and oxygen atoms in total. The Morgan fingerprint density at radius 1 is 1.73 bits per heavy atom. The van der Waals surface area contributed by atoms with Crippen LogP contribution in [-0.4, -0.2) is 19.9 Å². The van der Waals surface area contributed by atoms with Gasteiger partial charge in [0.05, 0.1) is 10.8 Å². The number of nitrogens with two attached hydrogens (primary N) is 1. The lowest BCUT2D eigenvalue weighted by molar-refractivity contribution is 0.676. The molecule has 1 atom stereocenters. The lowest BCUT2D eigenvalue weighted by atomic mass is 10.6. The first-order valence-electron chi connectivity index (χ1n) is 3.21. The topological polar surface area (TPSA) is 68.9 Å². The monoisotopic (exact) mass is 171 g/mol. The van der Waals surface area contributed by atoms with E-state index in [-0.39, 0.29) is 0 Å². The molecule has 1 aromatic rings. The third-order valence-electron chi connectivity index (χ3n) is 1.12. The van der Waals surface area contributed by atoms with Crippen LogP contribution in [0.1, 0.15) is 6.92 Å². The van der Waals surface area contributed by atoms with Crippen molar-refractivity contribution in [2.75, 3.05) is 11.5 Å². The van der Waals surface area contributed by atoms with Gasteiger partial charge in [0.25, 0.3) is 0 Å². The lowest BCUT2D eigenvalue weighted by Crippen LogP contribution is -2.02. The van der Waals surface area contributed by atoms with E-state index in [0.717, 1.165) is 0 Å². The van der Waals surface area contributed by atoms with Crippen LogP contribution in [0.15, 0.2) is 17.4 Å². The van der Waals surface area contributed by atoms with Gasteiger partial charge in [-0.3, -0.25) is 4.21 Å². The molecule has 0 aliphatic carbocycles. The van der Waals surface area contributed by atoms with Crippen molar-refractivity contribution in [3.8, 4) is 0 Å². The van der Waals surface area contributed by atoms with Crippen molar-refractivity contribution in [3.63, 3.8) is 0 Å². The summed E-state index contributed by atoms with van der Waals surface area (Å²) < 4.78 is 11.1. The molecule has 0 spiro atoms. The summed E-state index contributed by atoms with van der Waals surface area (Å²) in [5.41, 5.74) is 5.37. The average Bonchev–Trinajstić information content (AvgIpc) is 2.03. The van der Waals surface area contributed by atoms with Crippen LogP contribution in [0, 0.1) is 0 Å². The molecule has 1 unspecified atom stereocenters. The molecule has 0 fully saturated rings. The van der Waals surface area contributed by atoms with Crippen LogP contribution in [0.4, 0.5) is 5.82 Å².